The van der Waals surface area contributed by atoms with Crippen LogP contribution in [0.25, 0.3) is 0 Å². The fraction of sp³-hybridized carbons (Fsp3) is 0.435. The Bertz CT molecular complexity index is 994. The third-order valence-corrected chi connectivity index (χ3v) is 8.01. The number of amides is 1. The molecular formula is C23H30ClN3O3S. The van der Waals surface area contributed by atoms with Crippen molar-refractivity contribution in [3.8, 4) is 0 Å². The minimum atomic E-state index is -3.66. The molecule has 1 heterocycles. The maximum absolute atomic E-state index is 13.2. The van der Waals surface area contributed by atoms with Gasteiger partial charge in [-0.15, -0.1) is 0 Å². The number of hydrogen-bond donors (Lipinski definition) is 0. The third kappa shape index (κ3) is 5.66. The van der Waals surface area contributed by atoms with E-state index < -0.39 is 10.0 Å². The highest BCUT2D eigenvalue weighted by atomic mass is 35.5. The Kier molecular flexibility index (Phi) is 8.11. The second-order valence-corrected chi connectivity index (χ2v) is 9.98. The predicted octanol–water partition coefficient (Wildman–Crippen LogP) is 3.72. The molecule has 3 rings (SSSR count). The topological polar surface area (TPSA) is 60.9 Å². The minimum Gasteiger partial charge on any atom is -0.337 e. The van der Waals surface area contributed by atoms with E-state index in [1.165, 1.54) is 28.1 Å². The number of sulfonamides is 1. The second-order valence-electron chi connectivity index (χ2n) is 7.64. The van der Waals surface area contributed by atoms with Crippen molar-refractivity contribution in [3.05, 3.63) is 64.7 Å². The molecule has 8 heteroatoms. The van der Waals surface area contributed by atoms with Crippen LogP contribution in [0.4, 0.5) is 0 Å². The van der Waals surface area contributed by atoms with Crippen LogP contribution in [0.15, 0.2) is 53.4 Å². The van der Waals surface area contributed by atoms with Gasteiger partial charge in [-0.2, -0.15) is 4.31 Å². The van der Waals surface area contributed by atoms with Gasteiger partial charge in [0.1, 0.15) is 0 Å². The lowest BCUT2D eigenvalue weighted by atomic mass is 10.2. The zero-order valence-electron chi connectivity index (χ0n) is 18.1. The lowest BCUT2D eigenvalue weighted by Gasteiger charge is -2.23. The first-order valence-electron chi connectivity index (χ1n) is 10.7. The molecule has 1 amide bonds. The van der Waals surface area contributed by atoms with E-state index >= 15 is 0 Å². The number of halogens is 1. The summed E-state index contributed by atoms with van der Waals surface area (Å²) in [5.74, 6) is -0.219. The summed E-state index contributed by atoms with van der Waals surface area (Å²) in [4.78, 5) is 17.5. The molecular weight excluding hydrogens is 434 g/mol. The van der Waals surface area contributed by atoms with Gasteiger partial charge in [-0.05, 0) is 30.2 Å². The molecule has 0 unspecified atom stereocenters. The van der Waals surface area contributed by atoms with Crippen LogP contribution in [0.3, 0.4) is 0 Å². The smallest absolute Gasteiger partial charge is 0.255 e. The Balaban J connectivity index is 1.75. The van der Waals surface area contributed by atoms with Crippen LogP contribution in [-0.4, -0.2) is 67.7 Å². The predicted molar refractivity (Wildman–Crippen MR) is 124 cm³/mol. The second kappa shape index (κ2) is 10.6. The molecule has 0 saturated carbocycles. The lowest BCUT2D eigenvalue weighted by molar-refractivity contribution is 0.0761. The molecule has 1 aliphatic heterocycles. The van der Waals surface area contributed by atoms with Crippen molar-refractivity contribution in [2.75, 3.05) is 39.3 Å². The zero-order valence-corrected chi connectivity index (χ0v) is 19.7. The number of rotatable bonds is 7. The Hall–Kier alpha value is -1.93. The quantitative estimate of drug-likeness (QED) is 0.627. The highest BCUT2D eigenvalue weighted by molar-refractivity contribution is 7.89. The number of nitrogens with zero attached hydrogens (tertiary/aromatic N) is 3. The molecule has 2 aromatic carbocycles. The van der Waals surface area contributed by atoms with Crippen LogP contribution in [0.1, 0.15) is 36.2 Å². The van der Waals surface area contributed by atoms with Gasteiger partial charge in [0.15, 0.2) is 0 Å². The van der Waals surface area contributed by atoms with Crippen molar-refractivity contribution in [2.45, 2.75) is 31.7 Å². The van der Waals surface area contributed by atoms with Crippen LogP contribution in [0, 0.1) is 0 Å². The normalized spacial score (nSPS) is 15.8. The average molecular weight is 464 g/mol. The van der Waals surface area contributed by atoms with Crippen molar-refractivity contribution >= 4 is 27.5 Å². The van der Waals surface area contributed by atoms with E-state index in [2.05, 4.69) is 17.0 Å². The van der Waals surface area contributed by atoms with Crippen LogP contribution in [0.5, 0.6) is 0 Å². The fourth-order valence-electron chi connectivity index (χ4n) is 3.89. The Morgan fingerprint density at radius 3 is 2.39 bits per heavy atom. The summed E-state index contributed by atoms with van der Waals surface area (Å²) in [6.07, 6.45) is 0.855. The summed E-state index contributed by atoms with van der Waals surface area (Å²) in [5.41, 5.74) is 1.49. The fourth-order valence-corrected chi connectivity index (χ4v) is 5.57. The summed E-state index contributed by atoms with van der Waals surface area (Å²) in [7, 11) is -3.66. The monoisotopic (exact) mass is 463 g/mol. The molecule has 0 spiro atoms. The molecule has 2 aromatic rings. The number of carbonyl (C=O) groups excluding carboxylic acids is 1. The molecule has 0 aliphatic carbocycles. The Labute approximate surface area is 190 Å². The number of carbonyl (C=O) groups is 1. The van der Waals surface area contributed by atoms with E-state index in [-0.39, 0.29) is 21.4 Å². The lowest BCUT2D eigenvalue weighted by Crippen LogP contribution is -2.35. The van der Waals surface area contributed by atoms with E-state index in [1.54, 1.807) is 18.7 Å². The molecule has 0 radical (unpaired) electrons. The molecule has 1 aliphatic rings. The van der Waals surface area contributed by atoms with Gasteiger partial charge in [-0.25, -0.2) is 8.42 Å². The van der Waals surface area contributed by atoms with Gasteiger partial charge in [0.05, 0.1) is 15.5 Å². The van der Waals surface area contributed by atoms with Gasteiger partial charge in [-0.3, -0.25) is 9.69 Å². The maximum atomic E-state index is 13.2. The highest BCUT2D eigenvalue weighted by Crippen LogP contribution is 2.25. The van der Waals surface area contributed by atoms with Crippen molar-refractivity contribution in [1.82, 2.24) is 14.1 Å². The average Bonchev–Trinajstić information content (AvgIpc) is 3.00. The molecule has 1 saturated heterocycles. The van der Waals surface area contributed by atoms with Crippen molar-refractivity contribution < 1.29 is 13.2 Å². The summed E-state index contributed by atoms with van der Waals surface area (Å²) < 4.78 is 27.1. The molecule has 0 atom stereocenters. The van der Waals surface area contributed by atoms with E-state index in [4.69, 9.17) is 11.6 Å². The van der Waals surface area contributed by atoms with Crippen molar-refractivity contribution in [2.24, 2.45) is 0 Å². The molecule has 1 fully saturated rings. The highest BCUT2D eigenvalue weighted by Gasteiger charge is 2.26. The summed E-state index contributed by atoms with van der Waals surface area (Å²) in [6, 6.07) is 14.7. The molecule has 0 bridgehead atoms. The van der Waals surface area contributed by atoms with E-state index in [1.807, 2.05) is 18.2 Å². The number of hydrogen-bond acceptors (Lipinski definition) is 4. The molecule has 0 N–H and O–H groups in total. The standard InChI is InChI=1S/C23H30ClN3O3S/c1-3-27(4-2)31(29,30)20-11-12-22(24)21(17-20)23(28)26-14-8-13-25(15-16-26)18-19-9-6-5-7-10-19/h5-7,9-12,17H,3-4,8,13-16,18H2,1-2H3. The van der Waals surface area contributed by atoms with E-state index in [0.717, 1.165) is 26.1 Å². The molecule has 6 nitrogen and oxygen atoms in total. The van der Waals surface area contributed by atoms with E-state index in [9.17, 15) is 13.2 Å². The first-order chi connectivity index (χ1) is 14.9. The van der Waals surface area contributed by atoms with Gasteiger partial charge in [0, 0.05) is 45.8 Å². The summed E-state index contributed by atoms with van der Waals surface area (Å²) >= 11 is 6.32. The van der Waals surface area contributed by atoms with Gasteiger partial charge in [0.25, 0.3) is 5.91 Å². The number of benzene rings is 2. The summed E-state index contributed by atoms with van der Waals surface area (Å²) in [5, 5.41) is 0.272. The van der Waals surface area contributed by atoms with Gasteiger partial charge < -0.3 is 4.90 Å². The third-order valence-electron chi connectivity index (χ3n) is 5.64. The van der Waals surface area contributed by atoms with Gasteiger partial charge in [-0.1, -0.05) is 55.8 Å². The zero-order chi connectivity index (χ0) is 22.4. The van der Waals surface area contributed by atoms with Crippen molar-refractivity contribution in [1.29, 1.82) is 0 Å². The van der Waals surface area contributed by atoms with Crippen molar-refractivity contribution in [3.63, 3.8) is 0 Å². The first kappa shape index (κ1) is 23.7. The summed E-state index contributed by atoms with van der Waals surface area (Å²) in [6.45, 7) is 8.04. The minimum absolute atomic E-state index is 0.101. The Morgan fingerprint density at radius 2 is 1.71 bits per heavy atom. The largest absolute Gasteiger partial charge is 0.337 e. The van der Waals surface area contributed by atoms with Crippen LogP contribution < -0.4 is 0 Å². The SMILES string of the molecule is CCN(CC)S(=O)(=O)c1ccc(Cl)c(C(=O)N2CCCN(Cc3ccccc3)CC2)c1. The van der Waals surface area contributed by atoms with Crippen LogP contribution in [-0.2, 0) is 16.6 Å². The van der Waals surface area contributed by atoms with Crippen LogP contribution in [0.2, 0.25) is 5.02 Å². The molecule has 0 aromatic heterocycles. The maximum Gasteiger partial charge on any atom is 0.255 e. The molecule has 31 heavy (non-hydrogen) atoms. The Morgan fingerprint density at radius 1 is 1.00 bits per heavy atom. The van der Waals surface area contributed by atoms with Crippen LogP contribution >= 0.6 is 11.6 Å². The molecule has 168 valence electrons. The van der Waals surface area contributed by atoms with Gasteiger partial charge >= 0.3 is 0 Å². The van der Waals surface area contributed by atoms with E-state index in [0.29, 0.717) is 26.2 Å². The first-order valence-corrected chi connectivity index (χ1v) is 12.5. The van der Waals surface area contributed by atoms with Gasteiger partial charge in [0.2, 0.25) is 10.0 Å².